The third-order valence-electron chi connectivity index (χ3n) is 5.31. The van der Waals surface area contributed by atoms with Gasteiger partial charge in [-0.2, -0.15) is 0 Å². The van der Waals surface area contributed by atoms with Crippen LogP contribution in [-0.2, 0) is 0 Å². The first-order valence-electron chi connectivity index (χ1n) is 9.42. The van der Waals surface area contributed by atoms with Crippen LogP contribution in [0, 0.1) is 11.3 Å². The van der Waals surface area contributed by atoms with Gasteiger partial charge in [0.15, 0.2) is 0 Å². The van der Waals surface area contributed by atoms with Crippen LogP contribution in [0.4, 0.5) is 5.69 Å². The van der Waals surface area contributed by atoms with Crippen LogP contribution in [-0.4, -0.2) is 48.4 Å². The Morgan fingerprint density at radius 1 is 1.27 bits per heavy atom. The molecule has 1 saturated heterocycles. The number of allylic oxidation sites excluding steroid dienone is 1. The van der Waals surface area contributed by atoms with E-state index in [2.05, 4.69) is 39.6 Å². The number of piperazine rings is 1. The zero-order valence-electron chi connectivity index (χ0n) is 15.2. The Labute approximate surface area is 154 Å². The lowest BCUT2D eigenvalue weighted by Gasteiger charge is -2.33. The topological polar surface area (TPSA) is 76.9 Å². The molecule has 0 spiro atoms. The van der Waals surface area contributed by atoms with Crippen LogP contribution >= 0.6 is 0 Å². The summed E-state index contributed by atoms with van der Waals surface area (Å²) in [6.07, 6.45) is 7.41. The van der Waals surface area contributed by atoms with Crippen LogP contribution in [0.5, 0.6) is 0 Å². The highest BCUT2D eigenvalue weighted by atomic mass is 15.2. The fourth-order valence-electron chi connectivity index (χ4n) is 3.69. The van der Waals surface area contributed by atoms with Crippen LogP contribution in [0.25, 0.3) is 16.6 Å². The molecule has 136 valence electrons. The summed E-state index contributed by atoms with van der Waals surface area (Å²) >= 11 is 0. The van der Waals surface area contributed by atoms with Gasteiger partial charge in [0.05, 0.1) is 22.9 Å². The van der Waals surface area contributed by atoms with E-state index in [4.69, 9.17) is 10.4 Å². The van der Waals surface area contributed by atoms with Crippen LogP contribution < -0.4 is 15.5 Å². The SMILES string of the molecule is CC1CC(N/C=C(\C=N)c2cnc3ccc(N4CCNCC4)cc3n2)C1. The molecule has 0 bridgehead atoms. The van der Waals surface area contributed by atoms with Gasteiger partial charge in [0.2, 0.25) is 0 Å². The van der Waals surface area contributed by atoms with E-state index in [1.165, 1.54) is 24.7 Å². The van der Waals surface area contributed by atoms with Crippen molar-refractivity contribution in [3.63, 3.8) is 0 Å². The maximum absolute atomic E-state index is 7.75. The molecule has 1 saturated carbocycles. The Kier molecular flexibility index (Phi) is 4.84. The summed E-state index contributed by atoms with van der Waals surface area (Å²) in [5.74, 6) is 0.799. The molecule has 2 aromatic rings. The van der Waals surface area contributed by atoms with Crippen molar-refractivity contribution in [2.45, 2.75) is 25.8 Å². The van der Waals surface area contributed by atoms with Gasteiger partial charge >= 0.3 is 0 Å². The normalized spacial score (nSPS) is 23.6. The molecule has 2 heterocycles. The Morgan fingerprint density at radius 2 is 2.08 bits per heavy atom. The maximum Gasteiger partial charge on any atom is 0.0922 e. The van der Waals surface area contributed by atoms with Crippen molar-refractivity contribution in [3.8, 4) is 0 Å². The van der Waals surface area contributed by atoms with Crippen molar-refractivity contribution in [1.82, 2.24) is 20.6 Å². The summed E-state index contributed by atoms with van der Waals surface area (Å²) in [6, 6.07) is 6.78. The molecule has 0 amide bonds. The fourth-order valence-corrected chi connectivity index (χ4v) is 3.69. The summed E-state index contributed by atoms with van der Waals surface area (Å²) in [4.78, 5) is 11.7. The van der Waals surface area contributed by atoms with Crippen LogP contribution in [0.15, 0.2) is 30.6 Å². The van der Waals surface area contributed by atoms with E-state index in [-0.39, 0.29) is 0 Å². The summed E-state index contributed by atoms with van der Waals surface area (Å²) in [5, 5.41) is 14.5. The lowest BCUT2D eigenvalue weighted by Crippen LogP contribution is -2.43. The molecule has 1 aromatic carbocycles. The number of nitrogens with one attached hydrogen (secondary N) is 3. The van der Waals surface area contributed by atoms with Crippen molar-refractivity contribution < 1.29 is 0 Å². The number of rotatable bonds is 5. The van der Waals surface area contributed by atoms with E-state index in [0.717, 1.165) is 54.4 Å². The molecular formula is C20H26N6. The predicted octanol–water partition coefficient (Wildman–Crippen LogP) is 2.42. The van der Waals surface area contributed by atoms with Crippen molar-refractivity contribution in [1.29, 1.82) is 5.41 Å². The monoisotopic (exact) mass is 350 g/mol. The first-order chi connectivity index (χ1) is 12.7. The summed E-state index contributed by atoms with van der Waals surface area (Å²) in [5.41, 5.74) is 4.46. The maximum atomic E-state index is 7.75. The van der Waals surface area contributed by atoms with Gasteiger partial charge < -0.3 is 20.9 Å². The number of anilines is 1. The van der Waals surface area contributed by atoms with Crippen LogP contribution in [0.2, 0.25) is 0 Å². The van der Waals surface area contributed by atoms with Crippen molar-refractivity contribution in [2.75, 3.05) is 31.1 Å². The minimum Gasteiger partial charge on any atom is -0.388 e. The van der Waals surface area contributed by atoms with Gasteiger partial charge in [-0.3, -0.25) is 4.98 Å². The zero-order chi connectivity index (χ0) is 17.9. The van der Waals surface area contributed by atoms with Gasteiger partial charge in [0, 0.05) is 55.9 Å². The molecule has 4 rings (SSSR count). The Hall–Kier alpha value is -2.47. The molecule has 1 aliphatic carbocycles. The molecule has 26 heavy (non-hydrogen) atoms. The summed E-state index contributed by atoms with van der Waals surface area (Å²) < 4.78 is 0. The predicted molar refractivity (Wildman–Crippen MR) is 107 cm³/mol. The standard InChI is InChI=1S/C20H26N6/c1-14-8-16(9-14)23-12-15(11-21)20-13-24-18-3-2-17(10-19(18)25-20)26-6-4-22-5-7-26/h2-3,10-14,16,21-23H,4-9H2,1H3/b15-12+,21-11?. The Balaban J connectivity index is 1.58. The Bertz CT molecular complexity index is 818. The second kappa shape index (κ2) is 7.41. The quantitative estimate of drug-likeness (QED) is 0.722. The highest BCUT2D eigenvalue weighted by Gasteiger charge is 2.24. The van der Waals surface area contributed by atoms with E-state index in [0.29, 0.717) is 6.04 Å². The molecule has 3 N–H and O–H groups in total. The minimum absolute atomic E-state index is 0.521. The average molecular weight is 350 g/mol. The van der Waals surface area contributed by atoms with E-state index in [1.807, 2.05) is 12.3 Å². The highest BCUT2D eigenvalue weighted by Crippen LogP contribution is 2.26. The minimum atomic E-state index is 0.521. The molecule has 0 atom stereocenters. The molecule has 2 fully saturated rings. The summed E-state index contributed by atoms with van der Waals surface area (Å²) in [6.45, 7) is 6.30. The lowest BCUT2D eigenvalue weighted by molar-refractivity contribution is 0.261. The largest absolute Gasteiger partial charge is 0.388 e. The van der Waals surface area contributed by atoms with Crippen molar-refractivity contribution in [2.24, 2.45) is 5.92 Å². The molecule has 0 radical (unpaired) electrons. The second-order valence-corrected chi connectivity index (χ2v) is 7.35. The van der Waals surface area contributed by atoms with E-state index < -0.39 is 0 Å². The molecule has 1 aliphatic heterocycles. The van der Waals surface area contributed by atoms with Gasteiger partial charge in [-0.15, -0.1) is 0 Å². The third kappa shape index (κ3) is 3.55. The van der Waals surface area contributed by atoms with Crippen molar-refractivity contribution >= 4 is 28.5 Å². The molecule has 6 nitrogen and oxygen atoms in total. The number of nitrogens with zero attached hydrogens (tertiary/aromatic N) is 3. The van der Waals surface area contributed by atoms with Crippen LogP contribution in [0.3, 0.4) is 0 Å². The summed E-state index contributed by atoms with van der Waals surface area (Å²) in [7, 11) is 0. The number of hydrogen-bond acceptors (Lipinski definition) is 6. The molecule has 0 unspecified atom stereocenters. The fraction of sp³-hybridized carbons (Fsp3) is 0.450. The molecular weight excluding hydrogens is 324 g/mol. The van der Waals surface area contributed by atoms with Gasteiger partial charge in [-0.05, 0) is 37.0 Å². The van der Waals surface area contributed by atoms with Gasteiger partial charge in [-0.25, -0.2) is 4.98 Å². The van der Waals surface area contributed by atoms with E-state index in [1.54, 1.807) is 6.20 Å². The van der Waals surface area contributed by atoms with Crippen molar-refractivity contribution in [3.05, 3.63) is 36.3 Å². The third-order valence-corrected chi connectivity index (χ3v) is 5.31. The van der Waals surface area contributed by atoms with E-state index >= 15 is 0 Å². The van der Waals surface area contributed by atoms with E-state index in [9.17, 15) is 0 Å². The number of benzene rings is 1. The molecule has 6 heteroatoms. The number of aromatic nitrogens is 2. The smallest absolute Gasteiger partial charge is 0.0922 e. The van der Waals surface area contributed by atoms with Gasteiger partial charge in [0.1, 0.15) is 0 Å². The number of fused-ring (bicyclic) bond motifs is 1. The Morgan fingerprint density at radius 3 is 2.81 bits per heavy atom. The second-order valence-electron chi connectivity index (χ2n) is 7.35. The lowest BCUT2D eigenvalue weighted by atomic mass is 9.82. The first-order valence-corrected chi connectivity index (χ1v) is 9.42. The van der Waals surface area contributed by atoms with Gasteiger partial charge in [0.25, 0.3) is 0 Å². The molecule has 1 aromatic heterocycles. The number of hydrogen-bond donors (Lipinski definition) is 3. The highest BCUT2D eigenvalue weighted by molar-refractivity contribution is 6.07. The molecule has 2 aliphatic rings. The van der Waals surface area contributed by atoms with Crippen LogP contribution in [0.1, 0.15) is 25.5 Å². The first kappa shape index (κ1) is 17.0. The zero-order valence-corrected chi connectivity index (χ0v) is 15.2. The van der Waals surface area contributed by atoms with Gasteiger partial charge in [-0.1, -0.05) is 6.92 Å². The average Bonchev–Trinajstić information content (AvgIpc) is 2.67.